The van der Waals surface area contributed by atoms with Gasteiger partial charge in [0.15, 0.2) is 0 Å². The van der Waals surface area contributed by atoms with Gasteiger partial charge in [0.05, 0.1) is 33.9 Å². The molecule has 2 rings (SSSR count). The van der Waals surface area contributed by atoms with Crippen LogP contribution in [0.1, 0.15) is 5.56 Å². The van der Waals surface area contributed by atoms with E-state index in [4.69, 9.17) is 28.5 Å². The Morgan fingerprint density at radius 3 is 2.44 bits per heavy atom. The highest BCUT2D eigenvalue weighted by Crippen LogP contribution is 2.35. The minimum absolute atomic E-state index is 0.0388. The van der Waals surface area contributed by atoms with Crippen molar-refractivity contribution in [1.29, 1.82) is 5.26 Å². The van der Waals surface area contributed by atoms with Crippen molar-refractivity contribution in [3.05, 3.63) is 46.1 Å². The second-order valence-corrected chi connectivity index (χ2v) is 7.23. The Bertz CT molecular complexity index is 957. The number of nitrogens with zero attached hydrogens (tertiary/aromatic N) is 2. The van der Waals surface area contributed by atoms with E-state index >= 15 is 0 Å². The van der Waals surface area contributed by atoms with Gasteiger partial charge in [0.25, 0.3) is 0 Å². The van der Waals surface area contributed by atoms with Gasteiger partial charge in [-0.05, 0) is 18.2 Å². The number of halogens is 5. The number of hydrogen-bond acceptors (Lipinski definition) is 4. The lowest BCUT2D eigenvalue weighted by Gasteiger charge is -2.11. The number of sulfonamides is 1. The number of hydrogen-bond donors (Lipinski definition) is 1. The molecule has 0 aliphatic carbocycles. The number of nitriles is 1. The zero-order valence-corrected chi connectivity index (χ0v) is 14.4. The first-order chi connectivity index (χ1) is 11.6. The van der Waals surface area contributed by atoms with Crippen LogP contribution >= 0.6 is 23.2 Å². The van der Waals surface area contributed by atoms with Crippen molar-refractivity contribution in [2.75, 3.05) is 6.54 Å². The van der Waals surface area contributed by atoms with E-state index in [1.54, 1.807) is 6.07 Å². The normalized spacial score (nSPS) is 12.0. The summed E-state index contributed by atoms with van der Waals surface area (Å²) in [6.45, 7) is -0.470. The summed E-state index contributed by atoms with van der Waals surface area (Å²) >= 11 is 11.7. The smallest absolute Gasteiger partial charge is 0.254 e. The van der Waals surface area contributed by atoms with Gasteiger partial charge in [0.2, 0.25) is 10.0 Å². The summed E-state index contributed by atoms with van der Waals surface area (Å²) < 4.78 is 64.2. The molecule has 0 spiro atoms. The number of rotatable bonds is 4. The molecule has 1 N–H and O–H groups in total. The van der Waals surface area contributed by atoms with Gasteiger partial charge in [0.1, 0.15) is 4.90 Å². The summed E-state index contributed by atoms with van der Waals surface area (Å²) in [5, 5.41) is 8.05. The molecule has 0 aliphatic heterocycles. The van der Waals surface area contributed by atoms with Crippen LogP contribution in [0.15, 0.2) is 35.4 Å². The molecule has 1 aromatic heterocycles. The fourth-order valence-electron chi connectivity index (χ4n) is 1.87. The van der Waals surface area contributed by atoms with Gasteiger partial charge in [-0.3, -0.25) is 4.98 Å². The van der Waals surface area contributed by atoms with Crippen LogP contribution in [0, 0.1) is 11.3 Å². The van der Waals surface area contributed by atoms with Crippen molar-refractivity contribution in [3.63, 3.8) is 0 Å². The Kier molecular flexibility index (Phi) is 5.58. The molecule has 0 saturated heterocycles. The number of pyridine rings is 1. The predicted octanol–water partition coefficient (Wildman–Crippen LogP) is 3.88. The van der Waals surface area contributed by atoms with E-state index in [2.05, 4.69) is 4.98 Å². The van der Waals surface area contributed by atoms with E-state index in [0.717, 1.165) is 6.07 Å². The standard InChI is InChI=1S/C14H8Cl2F3N3O2S/c15-10-2-1-8(5-12(10)25(23,24)22-4-3-20)13-11(16)6-9(7-21-13)14(17,18)19/h1-2,5-7,22H,4H2. The molecule has 0 fully saturated rings. The van der Waals surface area contributed by atoms with Gasteiger partial charge in [-0.2, -0.15) is 23.2 Å². The molecule has 0 bridgehead atoms. The summed E-state index contributed by atoms with van der Waals surface area (Å²) in [5.41, 5.74) is -0.915. The van der Waals surface area contributed by atoms with Crippen molar-refractivity contribution in [2.45, 2.75) is 11.1 Å². The minimum atomic E-state index is -4.61. The molecule has 25 heavy (non-hydrogen) atoms. The monoisotopic (exact) mass is 409 g/mol. The fourth-order valence-corrected chi connectivity index (χ4v) is 3.58. The van der Waals surface area contributed by atoms with Gasteiger partial charge in [-0.1, -0.05) is 29.3 Å². The number of alkyl halides is 3. The molecule has 0 atom stereocenters. The third-order valence-electron chi connectivity index (χ3n) is 3.00. The quantitative estimate of drug-likeness (QED) is 0.776. The number of benzene rings is 1. The first-order valence-corrected chi connectivity index (χ1v) is 8.69. The van der Waals surface area contributed by atoms with E-state index < -0.39 is 28.3 Å². The SMILES string of the molecule is N#CCNS(=O)(=O)c1cc(-c2ncc(C(F)(F)F)cc2Cl)ccc1Cl. The Morgan fingerprint density at radius 2 is 1.88 bits per heavy atom. The molecule has 1 heterocycles. The van der Waals surface area contributed by atoms with Gasteiger partial charge in [-0.25, -0.2) is 8.42 Å². The Balaban J connectivity index is 2.52. The largest absolute Gasteiger partial charge is 0.417 e. The maximum absolute atomic E-state index is 12.7. The zero-order chi connectivity index (χ0) is 18.8. The van der Waals surface area contributed by atoms with Crippen molar-refractivity contribution in [2.24, 2.45) is 0 Å². The first kappa shape index (κ1) is 19.5. The van der Waals surface area contributed by atoms with E-state index in [1.165, 1.54) is 12.1 Å². The lowest BCUT2D eigenvalue weighted by Crippen LogP contribution is -2.24. The number of nitrogens with one attached hydrogen (secondary N) is 1. The average molecular weight is 410 g/mol. The van der Waals surface area contributed by atoms with Crippen LogP contribution in [0.25, 0.3) is 11.3 Å². The second-order valence-electron chi connectivity index (χ2n) is 4.68. The summed E-state index contributed by atoms with van der Waals surface area (Å²) in [7, 11) is -4.08. The maximum atomic E-state index is 12.7. The lowest BCUT2D eigenvalue weighted by atomic mass is 10.1. The zero-order valence-electron chi connectivity index (χ0n) is 12.1. The molecule has 132 valence electrons. The third kappa shape index (κ3) is 4.41. The van der Waals surface area contributed by atoms with E-state index in [-0.39, 0.29) is 26.2 Å². The highest BCUT2D eigenvalue weighted by molar-refractivity contribution is 7.89. The Labute approximate surface area is 151 Å². The minimum Gasteiger partial charge on any atom is -0.254 e. The lowest BCUT2D eigenvalue weighted by molar-refractivity contribution is -0.137. The molecule has 1 aromatic carbocycles. The maximum Gasteiger partial charge on any atom is 0.417 e. The highest BCUT2D eigenvalue weighted by Gasteiger charge is 2.31. The highest BCUT2D eigenvalue weighted by atomic mass is 35.5. The van der Waals surface area contributed by atoms with E-state index in [9.17, 15) is 21.6 Å². The van der Waals surface area contributed by atoms with Crippen LogP contribution in [0.4, 0.5) is 13.2 Å². The van der Waals surface area contributed by atoms with Crippen molar-refractivity contribution in [3.8, 4) is 17.3 Å². The molecule has 5 nitrogen and oxygen atoms in total. The summed E-state index contributed by atoms with van der Waals surface area (Å²) in [6.07, 6.45) is -4.01. The third-order valence-corrected chi connectivity index (χ3v) is 5.17. The van der Waals surface area contributed by atoms with Crippen LogP contribution in [-0.4, -0.2) is 19.9 Å². The molecule has 0 aliphatic rings. The number of aromatic nitrogens is 1. The molecule has 0 unspecified atom stereocenters. The van der Waals surface area contributed by atoms with E-state index in [1.807, 2.05) is 4.72 Å². The molecule has 0 amide bonds. The van der Waals surface area contributed by atoms with Crippen LogP contribution in [0.2, 0.25) is 10.0 Å². The van der Waals surface area contributed by atoms with Gasteiger partial charge < -0.3 is 0 Å². The Hall–Kier alpha value is -1.86. The molecule has 11 heteroatoms. The summed E-state index contributed by atoms with van der Waals surface area (Å²) in [4.78, 5) is 3.32. The first-order valence-electron chi connectivity index (χ1n) is 6.45. The predicted molar refractivity (Wildman–Crippen MR) is 85.5 cm³/mol. The molecular formula is C14H8Cl2F3N3O2S. The second kappa shape index (κ2) is 7.17. The Morgan fingerprint density at radius 1 is 1.20 bits per heavy atom. The topological polar surface area (TPSA) is 82.9 Å². The molecule has 0 radical (unpaired) electrons. The average Bonchev–Trinajstić information content (AvgIpc) is 2.52. The molecule has 0 saturated carbocycles. The molecular weight excluding hydrogens is 402 g/mol. The summed E-state index contributed by atoms with van der Waals surface area (Å²) in [6, 6.07) is 6.04. The van der Waals surface area contributed by atoms with E-state index in [0.29, 0.717) is 12.3 Å². The van der Waals surface area contributed by atoms with Crippen LogP contribution in [-0.2, 0) is 16.2 Å². The van der Waals surface area contributed by atoms with Crippen molar-refractivity contribution in [1.82, 2.24) is 9.71 Å². The van der Waals surface area contributed by atoms with Crippen molar-refractivity contribution < 1.29 is 21.6 Å². The van der Waals surface area contributed by atoms with Gasteiger partial charge in [-0.15, -0.1) is 0 Å². The van der Waals surface area contributed by atoms with Gasteiger partial charge in [0, 0.05) is 11.8 Å². The van der Waals surface area contributed by atoms with Crippen molar-refractivity contribution >= 4 is 33.2 Å². The van der Waals surface area contributed by atoms with Crippen LogP contribution < -0.4 is 4.72 Å². The van der Waals surface area contributed by atoms with Gasteiger partial charge >= 0.3 is 6.18 Å². The summed E-state index contributed by atoms with van der Waals surface area (Å²) in [5.74, 6) is 0. The fraction of sp³-hybridized carbons (Fsp3) is 0.143. The van der Waals surface area contributed by atoms with Crippen LogP contribution in [0.3, 0.4) is 0 Å². The van der Waals surface area contributed by atoms with Crippen LogP contribution in [0.5, 0.6) is 0 Å². The molecule has 2 aromatic rings.